The van der Waals surface area contributed by atoms with Crippen molar-refractivity contribution < 1.29 is 8.78 Å². The normalized spacial score (nSPS) is 16.8. The molecule has 0 saturated carbocycles. The monoisotopic (exact) mass is 671 g/mol. The maximum Gasteiger partial charge on any atom is 0.123 e. The van der Waals surface area contributed by atoms with E-state index in [0.29, 0.717) is 24.5 Å². The van der Waals surface area contributed by atoms with Gasteiger partial charge in [-0.25, -0.2) is 8.78 Å². The zero-order valence-electron chi connectivity index (χ0n) is 27.7. The maximum atomic E-state index is 13.1. The highest BCUT2D eigenvalue weighted by Crippen LogP contribution is 2.26. The van der Waals surface area contributed by atoms with E-state index in [1.807, 2.05) is 36.4 Å². The van der Waals surface area contributed by atoms with Gasteiger partial charge in [-0.05, 0) is 90.2 Å². The van der Waals surface area contributed by atoms with Crippen LogP contribution in [0.3, 0.4) is 0 Å². The summed E-state index contributed by atoms with van der Waals surface area (Å²) in [5, 5.41) is 3.59. The van der Waals surface area contributed by atoms with Gasteiger partial charge in [-0.1, -0.05) is 53.6 Å². The fraction of sp³-hybridized carbons (Fsp3) is 0.368. The van der Waals surface area contributed by atoms with Crippen LogP contribution in [0, 0.1) is 11.6 Å². The minimum Gasteiger partial charge on any atom is -0.369 e. The van der Waals surface area contributed by atoms with Crippen molar-refractivity contribution >= 4 is 23.0 Å². The first-order valence-corrected chi connectivity index (χ1v) is 17.1. The summed E-state index contributed by atoms with van der Waals surface area (Å²) < 4.78 is 26.1. The van der Waals surface area contributed by atoms with E-state index in [2.05, 4.69) is 79.9 Å². The molecule has 48 heavy (non-hydrogen) atoms. The Labute approximate surface area is 288 Å². The van der Waals surface area contributed by atoms with Gasteiger partial charge in [0.2, 0.25) is 0 Å². The molecule has 0 unspecified atom stereocenters. The number of nitrogens with zero attached hydrogens (tertiary/aromatic N) is 7. The second-order valence-corrected chi connectivity index (χ2v) is 12.6. The molecule has 252 valence electrons. The third kappa shape index (κ3) is 9.48. The van der Waals surface area contributed by atoms with Crippen LogP contribution in [0.4, 0.5) is 20.2 Å². The van der Waals surface area contributed by atoms with Gasteiger partial charge < -0.3 is 9.80 Å². The third-order valence-electron chi connectivity index (χ3n) is 9.50. The fourth-order valence-electron chi connectivity index (χ4n) is 6.36. The van der Waals surface area contributed by atoms with Crippen LogP contribution < -0.4 is 9.80 Å². The second kappa shape index (κ2) is 17.3. The van der Waals surface area contributed by atoms with E-state index in [9.17, 15) is 8.78 Å². The highest BCUT2D eigenvalue weighted by Gasteiger charge is 2.23. The SMILES string of the molecule is C[C@H](c1ccc(CCl)cc1)N1CCN(c2ccc(F)cc2)CC1.C[C@H](c1ccc(CN=[N+]=[N-])cc1)N1CCN(c2ccc(F)cc2)CC1. The van der Waals surface area contributed by atoms with Crippen molar-refractivity contribution in [2.24, 2.45) is 5.11 Å². The molecule has 2 heterocycles. The largest absolute Gasteiger partial charge is 0.369 e. The molecule has 0 amide bonds. The van der Waals surface area contributed by atoms with Gasteiger partial charge in [0.05, 0.1) is 6.54 Å². The lowest BCUT2D eigenvalue weighted by Crippen LogP contribution is -2.47. The Morgan fingerprint density at radius 1 is 0.604 bits per heavy atom. The summed E-state index contributed by atoms with van der Waals surface area (Å²) in [4.78, 5) is 12.4. The summed E-state index contributed by atoms with van der Waals surface area (Å²) in [6.45, 7) is 12.6. The van der Waals surface area contributed by atoms with Crippen LogP contribution in [0.2, 0.25) is 0 Å². The van der Waals surface area contributed by atoms with Gasteiger partial charge >= 0.3 is 0 Å². The number of azide groups is 1. The molecule has 6 rings (SSSR count). The molecule has 2 aliphatic rings. The highest BCUT2D eigenvalue weighted by atomic mass is 35.5. The molecule has 0 aliphatic carbocycles. The molecule has 2 saturated heterocycles. The number of benzene rings is 4. The minimum atomic E-state index is -0.195. The van der Waals surface area contributed by atoms with Crippen molar-refractivity contribution in [3.63, 3.8) is 0 Å². The Bertz CT molecular complexity index is 1600. The molecule has 7 nitrogen and oxygen atoms in total. The summed E-state index contributed by atoms with van der Waals surface area (Å²) in [5.74, 6) is 0.187. The molecule has 2 aliphatic heterocycles. The van der Waals surface area contributed by atoms with Crippen LogP contribution in [-0.4, -0.2) is 62.2 Å². The number of rotatable bonds is 9. The van der Waals surface area contributed by atoms with Crippen molar-refractivity contribution in [1.82, 2.24) is 9.80 Å². The van der Waals surface area contributed by atoms with E-state index >= 15 is 0 Å². The fourth-order valence-corrected chi connectivity index (χ4v) is 6.54. The molecule has 2 atom stereocenters. The number of anilines is 2. The molecule has 0 N–H and O–H groups in total. The first kappa shape index (κ1) is 35.2. The molecule has 4 aromatic carbocycles. The summed E-state index contributed by atoms with van der Waals surface area (Å²) in [6.07, 6.45) is 0. The Morgan fingerprint density at radius 3 is 1.33 bits per heavy atom. The standard InChI is InChI=1S/C19H22ClFN2.C19H22FN5/c1-15(17-4-2-16(14-20)3-5-17)22-10-12-23(13-11-22)19-8-6-18(21)7-9-19;1-15(17-4-2-16(3-5-17)14-22-23-21)24-10-12-25(13-11-24)19-8-6-18(20)7-9-19/h2-9,15H,10-14H2,1H3;2-9,15H,10-14H2,1H3/t2*15-/m11/s1. The maximum absolute atomic E-state index is 13.1. The lowest BCUT2D eigenvalue weighted by atomic mass is 10.0. The van der Waals surface area contributed by atoms with E-state index in [0.717, 1.165) is 74.9 Å². The molecule has 0 radical (unpaired) electrons. The zero-order valence-corrected chi connectivity index (χ0v) is 28.5. The number of piperazine rings is 2. The molecule has 0 spiro atoms. The molecule has 2 fully saturated rings. The van der Waals surface area contributed by atoms with Crippen LogP contribution in [0.5, 0.6) is 0 Å². The van der Waals surface area contributed by atoms with Crippen molar-refractivity contribution in [2.75, 3.05) is 62.2 Å². The molecular weight excluding hydrogens is 628 g/mol. The van der Waals surface area contributed by atoms with Crippen LogP contribution in [0.25, 0.3) is 10.4 Å². The van der Waals surface area contributed by atoms with E-state index in [1.165, 1.54) is 35.4 Å². The van der Waals surface area contributed by atoms with Crippen molar-refractivity contribution in [2.45, 2.75) is 38.4 Å². The Kier molecular flexibility index (Phi) is 12.7. The van der Waals surface area contributed by atoms with Gasteiger partial charge in [0.25, 0.3) is 0 Å². The van der Waals surface area contributed by atoms with Crippen molar-refractivity contribution in [1.29, 1.82) is 0 Å². The summed E-state index contributed by atoms with van der Waals surface area (Å²) in [6, 6.07) is 31.1. The van der Waals surface area contributed by atoms with Gasteiger partial charge in [0, 0.05) is 86.6 Å². The highest BCUT2D eigenvalue weighted by molar-refractivity contribution is 6.17. The summed E-state index contributed by atoms with van der Waals surface area (Å²) in [5.41, 5.74) is 15.3. The smallest absolute Gasteiger partial charge is 0.123 e. The zero-order chi connectivity index (χ0) is 33.9. The molecule has 10 heteroatoms. The average molecular weight is 672 g/mol. The number of hydrogen-bond acceptors (Lipinski definition) is 5. The van der Waals surface area contributed by atoms with E-state index in [4.69, 9.17) is 17.1 Å². The number of halogens is 3. The molecule has 0 aromatic heterocycles. The van der Waals surface area contributed by atoms with Crippen LogP contribution in [0.1, 0.15) is 48.2 Å². The predicted octanol–water partition coefficient (Wildman–Crippen LogP) is 8.97. The van der Waals surface area contributed by atoms with Crippen LogP contribution in [-0.2, 0) is 12.4 Å². The van der Waals surface area contributed by atoms with Gasteiger partial charge in [-0.3, -0.25) is 9.80 Å². The van der Waals surface area contributed by atoms with Crippen LogP contribution >= 0.6 is 11.6 Å². The van der Waals surface area contributed by atoms with E-state index in [1.54, 1.807) is 0 Å². The Morgan fingerprint density at radius 2 is 0.979 bits per heavy atom. The average Bonchev–Trinajstić information content (AvgIpc) is 3.15. The first-order valence-electron chi connectivity index (χ1n) is 16.6. The second-order valence-electron chi connectivity index (χ2n) is 12.4. The Hall–Kier alpha value is -4.14. The quantitative estimate of drug-likeness (QED) is 0.0771. The number of hydrogen-bond donors (Lipinski definition) is 0. The van der Waals surface area contributed by atoms with Gasteiger partial charge in [-0.2, -0.15) is 0 Å². The van der Waals surface area contributed by atoms with Crippen molar-refractivity contribution in [3.8, 4) is 0 Å². The number of alkyl halides is 1. The van der Waals surface area contributed by atoms with E-state index < -0.39 is 0 Å². The van der Waals surface area contributed by atoms with Gasteiger partial charge in [0.1, 0.15) is 11.6 Å². The predicted molar refractivity (Wildman–Crippen MR) is 192 cm³/mol. The van der Waals surface area contributed by atoms with Crippen molar-refractivity contribution in [3.05, 3.63) is 141 Å². The van der Waals surface area contributed by atoms with E-state index in [-0.39, 0.29) is 11.6 Å². The first-order chi connectivity index (χ1) is 23.3. The Balaban J connectivity index is 0.000000188. The third-order valence-corrected chi connectivity index (χ3v) is 9.81. The van der Waals surface area contributed by atoms with Gasteiger partial charge in [-0.15, -0.1) is 11.6 Å². The van der Waals surface area contributed by atoms with Crippen LogP contribution in [0.15, 0.2) is 102 Å². The minimum absolute atomic E-state index is 0.179. The lowest BCUT2D eigenvalue weighted by Gasteiger charge is -2.39. The summed E-state index contributed by atoms with van der Waals surface area (Å²) >= 11 is 5.85. The molecule has 0 bridgehead atoms. The topological polar surface area (TPSA) is 61.7 Å². The lowest BCUT2D eigenvalue weighted by molar-refractivity contribution is 0.198. The molecule has 4 aromatic rings. The summed E-state index contributed by atoms with van der Waals surface area (Å²) in [7, 11) is 0. The molecular formula is C38H44ClF2N7. The van der Waals surface area contributed by atoms with Gasteiger partial charge in [0.15, 0.2) is 0 Å².